The molecule has 22 heavy (non-hydrogen) atoms. The molecule has 8 heteroatoms. The number of nitrogens with zero attached hydrogens (tertiary/aromatic N) is 1. The van der Waals surface area contributed by atoms with Crippen LogP contribution < -0.4 is 4.72 Å². The Labute approximate surface area is 135 Å². The highest BCUT2D eigenvalue weighted by molar-refractivity contribution is 7.91. The molecule has 2 aliphatic rings. The van der Waals surface area contributed by atoms with E-state index in [9.17, 15) is 8.42 Å². The predicted molar refractivity (Wildman–Crippen MR) is 83.6 cm³/mol. The first-order valence-electron chi connectivity index (χ1n) is 7.61. The van der Waals surface area contributed by atoms with Crippen LogP contribution in [-0.4, -0.2) is 44.4 Å². The number of ether oxygens (including phenoxy) is 2. The van der Waals surface area contributed by atoms with Crippen molar-refractivity contribution in [1.82, 2.24) is 9.71 Å². The maximum Gasteiger partial charge on any atom is 0.268 e. The summed E-state index contributed by atoms with van der Waals surface area (Å²) < 4.78 is 39.6. The van der Waals surface area contributed by atoms with Gasteiger partial charge < -0.3 is 9.47 Å². The van der Waals surface area contributed by atoms with E-state index in [0.717, 1.165) is 23.4 Å². The molecule has 0 aromatic carbocycles. The molecule has 1 saturated heterocycles. The molecule has 1 spiro atoms. The van der Waals surface area contributed by atoms with Crippen molar-refractivity contribution in [1.29, 1.82) is 0 Å². The summed E-state index contributed by atoms with van der Waals surface area (Å²) in [6.45, 7) is 6.92. The summed E-state index contributed by atoms with van der Waals surface area (Å²) in [5, 5.41) is 0. The van der Waals surface area contributed by atoms with Gasteiger partial charge in [-0.05, 0) is 40.0 Å². The van der Waals surface area contributed by atoms with Gasteiger partial charge in [0.1, 0.15) is 5.60 Å². The summed E-state index contributed by atoms with van der Waals surface area (Å²) >= 11 is 1.21. The summed E-state index contributed by atoms with van der Waals surface area (Å²) in [6, 6.07) is -0.235. The van der Waals surface area contributed by atoms with Crippen LogP contribution in [-0.2, 0) is 19.5 Å². The zero-order valence-electron chi connectivity index (χ0n) is 13.1. The van der Waals surface area contributed by atoms with E-state index in [0.29, 0.717) is 19.6 Å². The van der Waals surface area contributed by atoms with Gasteiger partial charge in [0.25, 0.3) is 10.0 Å². The molecule has 1 aromatic rings. The summed E-state index contributed by atoms with van der Waals surface area (Å²) in [4.78, 5) is 5.08. The van der Waals surface area contributed by atoms with E-state index in [-0.39, 0.29) is 16.5 Å². The lowest BCUT2D eigenvalue weighted by Crippen LogP contribution is -2.69. The average molecular weight is 346 g/mol. The number of sulfonamides is 1. The minimum absolute atomic E-state index is 0.0209. The first-order valence-corrected chi connectivity index (χ1v) is 9.91. The third-order valence-corrected chi connectivity index (χ3v) is 7.49. The first kappa shape index (κ1) is 16.3. The second kappa shape index (κ2) is 5.83. The summed E-state index contributed by atoms with van der Waals surface area (Å²) in [6.07, 6.45) is 2.40. The number of thiazole rings is 1. The van der Waals surface area contributed by atoms with Gasteiger partial charge in [0, 0.05) is 18.1 Å². The Hall–Kier alpha value is -0.540. The lowest BCUT2D eigenvalue weighted by molar-refractivity contribution is -0.193. The van der Waals surface area contributed by atoms with Crippen LogP contribution in [0.1, 0.15) is 36.8 Å². The van der Waals surface area contributed by atoms with Gasteiger partial charge in [0.05, 0.1) is 17.8 Å². The van der Waals surface area contributed by atoms with Gasteiger partial charge in [0.2, 0.25) is 4.34 Å². The van der Waals surface area contributed by atoms with Gasteiger partial charge in [-0.3, -0.25) is 0 Å². The molecule has 0 bridgehead atoms. The van der Waals surface area contributed by atoms with Crippen molar-refractivity contribution in [2.45, 2.75) is 62.1 Å². The molecule has 2 fully saturated rings. The Kier molecular flexibility index (Phi) is 4.32. The summed E-state index contributed by atoms with van der Waals surface area (Å²) in [5.74, 6) is 0. The zero-order valence-corrected chi connectivity index (χ0v) is 14.7. The standard InChI is InChI=1S/C14H22N2O4S2/c1-4-19-12-8-11(14(12)6-5-7-20-14)16-22(17,18)13-15-9(2)10(3)21-13/h11-12,16H,4-8H2,1-3H3. The Bertz CT molecular complexity index is 630. The van der Waals surface area contributed by atoms with Gasteiger partial charge >= 0.3 is 0 Å². The predicted octanol–water partition coefficient (Wildman–Crippen LogP) is 1.76. The van der Waals surface area contributed by atoms with Crippen LogP contribution in [0.2, 0.25) is 0 Å². The molecule has 1 N–H and O–H groups in total. The molecule has 3 rings (SSSR count). The molecule has 1 aliphatic carbocycles. The maximum atomic E-state index is 12.5. The van der Waals surface area contributed by atoms with Crippen molar-refractivity contribution >= 4 is 21.4 Å². The Morgan fingerprint density at radius 1 is 1.50 bits per heavy atom. The molecule has 3 atom stereocenters. The van der Waals surface area contributed by atoms with Crippen LogP contribution in [0.25, 0.3) is 0 Å². The number of hydrogen-bond acceptors (Lipinski definition) is 6. The van der Waals surface area contributed by atoms with Crippen LogP contribution in [0.15, 0.2) is 4.34 Å². The molecule has 1 aliphatic heterocycles. The smallest absolute Gasteiger partial charge is 0.268 e. The van der Waals surface area contributed by atoms with Gasteiger partial charge in [0.15, 0.2) is 0 Å². The molecule has 1 aromatic heterocycles. The van der Waals surface area contributed by atoms with E-state index in [1.54, 1.807) is 0 Å². The fraction of sp³-hybridized carbons (Fsp3) is 0.786. The molecular weight excluding hydrogens is 324 g/mol. The van der Waals surface area contributed by atoms with Gasteiger partial charge in [-0.2, -0.15) is 0 Å². The van der Waals surface area contributed by atoms with Gasteiger partial charge in [-0.1, -0.05) is 0 Å². The number of nitrogens with one attached hydrogen (secondary N) is 1. The van der Waals surface area contributed by atoms with Crippen molar-refractivity contribution in [2.24, 2.45) is 0 Å². The molecule has 3 unspecified atom stereocenters. The highest BCUT2D eigenvalue weighted by Crippen LogP contribution is 2.46. The average Bonchev–Trinajstić information content (AvgIpc) is 3.08. The number of aromatic nitrogens is 1. The second-order valence-corrected chi connectivity index (χ2v) is 8.97. The molecule has 0 radical (unpaired) electrons. The minimum Gasteiger partial charge on any atom is -0.375 e. The second-order valence-electron chi connectivity index (χ2n) is 5.88. The molecular formula is C14H22N2O4S2. The van der Waals surface area contributed by atoms with Crippen LogP contribution in [0.3, 0.4) is 0 Å². The fourth-order valence-corrected chi connectivity index (χ4v) is 5.87. The fourth-order valence-electron chi connectivity index (χ4n) is 3.24. The van der Waals surface area contributed by atoms with Crippen LogP contribution in [0.5, 0.6) is 0 Å². The van der Waals surface area contributed by atoms with Crippen LogP contribution in [0, 0.1) is 13.8 Å². The molecule has 0 amide bonds. The van der Waals surface area contributed by atoms with Crippen molar-refractivity contribution in [3.05, 3.63) is 10.6 Å². The van der Waals surface area contributed by atoms with Crippen molar-refractivity contribution in [3.8, 4) is 0 Å². The third-order valence-electron chi connectivity index (χ3n) is 4.57. The van der Waals surface area contributed by atoms with Crippen molar-refractivity contribution in [2.75, 3.05) is 13.2 Å². The monoisotopic (exact) mass is 346 g/mol. The van der Waals surface area contributed by atoms with E-state index in [2.05, 4.69) is 9.71 Å². The molecule has 124 valence electrons. The SMILES string of the molecule is CCOC1CC(NS(=O)(=O)c2nc(C)c(C)s2)C12CCCO2. The first-order chi connectivity index (χ1) is 10.4. The highest BCUT2D eigenvalue weighted by atomic mass is 32.2. The van der Waals surface area contributed by atoms with E-state index < -0.39 is 15.6 Å². The molecule has 2 heterocycles. The number of aryl methyl sites for hydroxylation is 2. The third kappa shape index (κ3) is 2.60. The van der Waals surface area contributed by atoms with Gasteiger partial charge in [-0.15, -0.1) is 11.3 Å². The van der Waals surface area contributed by atoms with E-state index in [1.807, 2.05) is 20.8 Å². The quantitative estimate of drug-likeness (QED) is 0.879. The van der Waals surface area contributed by atoms with E-state index >= 15 is 0 Å². The number of rotatable bonds is 5. The Morgan fingerprint density at radius 3 is 2.82 bits per heavy atom. The maximum absolute atomic E-state index is 12.5. The normalized spacial score (nSPS) is 31.6. The Balaban J connectivity index is 1.78. The highest BCUT2D eigenvalue weighted by Gasteiger charge is 2.59. The van der Waals surface area contributed by atoms with Crippen LogP contribution in [0.4, 0.5) is 0 Å². The number of hydrogen-bond donors (Lipinski definition) is 1. The minimum atomic E-state index is -3.60. The molecule has 1 saturated carbocycles. The van der Waals surface area contributed by atoms with Gasteiger partial charge in [-0.25, -0.2) is 18.1 Å². The Morgan fingerprint density at radius 2 is 2.27 bits per heavy atom. The largest absolute Gasteiger partial charge is 0.375 e. The lowest BCUT2D eigenvalue weighted by Gasteiger charge is -2.52. The van der Waals surface area contributed by atoms with Crippen LogP contribution >= 0.6 is 11.3 Å². The van der Waals surface area contributed by atoms with E-state index in [1.165, 1.54) is 11.3 Å². The lowest BCUT2D eigenvalue weighted by atomic mass is 9.70. The van der Waals surface area contributed by atoms with E-state index in [4.69, 9.17) is 9.47 Å². The summed E-state index contributed by atoms with van der Waals surface area (Å²) in [7, 11) is -3.60. The molecule has 6 nitrogen and oxygen atoms in total. The van der Waals surface area contributed by atoms with Crippen molar-refractivity contribution in [3.63, 3.8) is 0 Å². The van der Waals surface area contributed by atoms with Crippen molar-refractivity contribution < 1.29 is 17.9 Å². The topological polar surface area (TPSA) is 77.5 Å². The zero-order chi connectivity index (χ0) is 16.0. The summed E-state index contributed by atoms with van der Waals surface area (Å²) in [5.41, 5.74) is 0.266.